The number of aryl methyl sites for hydroxylation is 1. The third kappa shape index (κ3) is 10.2. The summed E-state index contributed by atoms with van der Waals surface area (Å²) in [6.07, 6.45) is 3.96. The Morgan fingerprint density at radius 1 is 1.00 bits per heavy atom. The molecule has 1 N–H and O–H groups in total. The number of nitrogens with zero attached hydrogens (tertiary/aromatic N) is 1. The minimum absolute atomic E-state index is 0. The molecule has 43 heavy (non-hydrogen) atoms. The van der Waals surface area contributed by atoms with Crippen LogP contribution in [0, 0.1) is 24.5 Å². The molecule has 1 unspecified atom stereocenters. The van der Waals surface area contributed by atoms with Gasteiger partial charge in [0.15, 0.2) is 0 Å². The average Bonchev–Trinajstić information content (AvgIpc) is 2.95. The summed E-state index contributed by atoms with van der Waals surface area (Å²) in [5.74, 6) is -2.06. The van der Waals surface area contributed by atoms with Gasteiger partial charge in [-0.25, -0.2) is 8.78 Å². The molecule has 3 aromatic carbocycles. The molecule has 10 heteroatoms. The van der Waals surface area contributed by atoms with Crippen LogP contribution in [0.5, 0.6) is 0 Å². The van der Waals surface area contributed by atoms with Crippen LogP contribution in [0.2, 0.25) is 0 Å². The van der Waals surface area contributed by atoms with Gasteiger partial charge < -0.3 is 20.0 Å². The number of nitrogens with one attached hydrogen (secondary N) is 1. The van der Waals surface area contributed by atoms with Gasteiger partial charge in [0.1, 0.15) is 11.6 Å². The van der Waals surface area contributed by atoms with Crippen LogP contribution in [0.3, 0.4) is 0 Å². The molecule has 1 aliphatic heterocycles. The van der Waals surface area contributed by atoms with E-state index in [4.69, 9.17) is 4.74 Å². The quantitative estimate of drug-likeness (QED) is 0.302. The molecule has 0 aliphatic carbocycles. The first-order valence-corrected chi connectivity index (χ1v) is 15.6. The van der Waals surface area contributed by atoms with E-state index < -0.39 is 29.6 Å². The first-order chi connectivity index (χ1) is 20.2. The van der Waals surface area contributed by atoms with E-state index in [0.717, 1.165) is 42.1 Å². The summed E-state index contributed by atoms with van der Waals surface area (Å²) in [6, 6.07) is 15.7. The molecule has 0 saturated carbocycles. The monoisotopic (exact) mass is 602 g/mol. The minimum Gasteiger partial charge on any atom is -0.548 e. The van der Waals surface area contributed by atoms with Crippen molar-refractivity contribution in [1.29, 1.82) is 0 Å². The van der Waals surface area contributed by atoms with E-state index in [9.17, 15) is 23.5 Å². The number of amides is 1. The maximum absolute atomic E-state index is 14.0. The van der Waals surface area contributed by atoms with E-state index in [0.29, 0.717) is 54.7 Å². The van der Waals surface area contributed by atoms with Crippen LogP contribution in [-0.4, -0.2) is 54.6 Å². The number of halogens is 2. The molecule has 4 rings (SSSR count). The second-order valence-corrected chi connectivity index (χ2v) is 11.8. The summed E-state index contributed by atoms with van der Waals surface area (Å²) in [7, 11) is 0. The number of carboxylic acids is 1. The van der Waals surface area contributed by atoms with Gasteiger partial charge in [-0.1, -0.05) is 30.3 Å². The normalized spacial score (nSPS) is 14.3. The molecule has 1 atom stereocenters. The molecular formula is C33H37F2LiN2O4S. The van der Waals surface area contributed by atoms with Gasteiger partial charge in [-0.3, -0.25) is 9.69 Å². The van der Waals surface area contributed by atoms with E-state index >= 15 is 0 Å². The van der Waals surface area contributed by atoms with Gasteiger partial charge in [0.25, 0.3) is 5.91 Å². The summed E-state index contributed by atoms with van der Waals surface area (Å²) in [4.78, 5) is 27.3. The zero-order valence-corrected chi connectivity index (χ0v) is 25.9. The molecule has 1 amide bonds. The topological polar surface area (TPSA) is 81.7 Å². The molecule has 0 bridgehead atoms. The van der Waals surface area contributed by atoms with Crippen molar-refractivity contribution >= 4 is 23.6 Å². The van der Waals surface area contributed by atoms with E-state index in [1.807, 2.05) is 49.6 Å². The zero-order chi connectivity index (χ0) is 30.1. The number of thioether (sulfide) groups is 1. The molecular weight excluding hydrogens is 565 g/mol. The van der Waals surface area contributed by atoms with Crippen LogP contribution >= 0.6 is 11.8 Å². The van der Waals surface area contributed by atoms with Crippen LogP contribution in [0.4, 0.5) is 8.78 Å². The van der Waals surface area contributed by atoms with E-state index in [2.05, 4.69) is 10.2 Å². The molecule has 0 aromatic heterocycles. The van der Waals surface area contributed by atoms with Crippen molar-refractivity contribution in [1.82, 2.24) is 10.2 Å². The standard InChI is InChI=1S/C33H38F2N2O4S.Li/c1-22-5-3-4-6-28(22)30-17-24(7-8-29(30)32(38)36-31(33(39)40)11-14-42-2)20-37(19-23-9-12-41-13-10-23)21-25-15-26(34)18-27(35)16-25;/h3-8,15-18,23,31H,9-14,19-21H2,1-2H3,(H,36,38)(H,39,40);/q;+1/p-1. The number of ether oxygens (including phenoxy) is 1. The Balaban J connectivity index is 0.00000506. The molecule has 3 aromatic rings. The number of benzene rings is 3. The number of hydrogen-bond donors (Lipinski definition) is 1. The van der Waals surface area contributed by atoms with Gasteiger partial charge >= 0.3 is 18.9 Å². The van der Waals surface area contributed by atoms with Crippen molar-refractivity contribution in [2.75, 3.05) is 31.8 Å². The fourth-order valence-electron chi connectivity index (χ4n) is 5.40. The summed E-state index contributed by atoms with van der Waals surface area (Å²) in [6.45, 7) is 4.92. The fraction of sp³-hybridized carbons (Fsp3) is 0.394. The Hall–Kier alpha value is -2.67. The number of rotatable bonds is 13. The van der Waals surface area contributed by atoms with Crippen molar-refractivity contribution in [3.05, 3.63) is 94.6 Å². The first kappa shape index (κ1) is 34.8. The Kier molecular flexibility index (Phi) is 13.7. The minimum atomic E-state index is -1.32. The molecule has 6 nitrogen and oxygen atoms in total. The molecule has 224 valence electrons. The predicted molar refractivity (Wildman–Crippen MR) is 160 cm³/mol. The number of aliphatic carboxylic acids is 1. The van der Waals surface area contributed by atoms with Crippen LogP contribution in [-0.2, 0) is 22.6 Å². The van der Waals surface area contributed by atoms with Crippen LogP contribution in [0.15, 0.2) is 60.7 Å². The van der Waals surface area contributed by atoms with E-state index in [1.165, 1.54) is 23.9 Å². The number of carbonyl (C=O) groups is 2. The van der Waals surface area contributed by atoms with Gasteiger partial charge in [0.05, 0.1) is 12.0 Å². The second kappa shape index (κ2) is 17.0. The molecule has 0 radical (unpaired) electrons. The van der Waals surface area contributed by atoms with Crippen molar-refractivity contribution in [2.45, 2.75) is 45.3 Å². The summed E-state index contributed by atoms with van der Waals surface area (Å²) in [5.41, 5.74) is 4.36. The molecule has 1 saturated heterocycles. The number of carbonyl (C=O) groups excluding carboxylic acids is 2. The van der Waals surface area contributed by atoms with Crippen molar-refractivity contribution in [2.24, 2.45) is 5.92 Å². The maximum Gasteiger partial charge on any atom is 1.00 e. The Labute approximate surface area is 268 Å². The smallest absolute Gasteiger partial charge is 0.548 e. The summed E-state index contributed by atoms with van der Waals surface area (Å²) < 4.78 is 33.6. The van der Waals surface area contributed by atoms with Crippen molar-refractivity contribution < 1.29 is 47.1 Å². The Morgan fingerprint density at radius 3 is 2.33 bits per heavy atom. The molecule has 1 aliphatic rings. The molecule has 0 spiro atoms. The zero-order valence-electron chi connectivity index (χ0n) is 25.0. The predicted octanol–water partition coefficient (Wildman–Crippen LogP) is 1.97. The SMILES string of the molecule is CSCCC(NC(=O)c1ccc(CN(Cc2cc(F)cc(F)c2)CC2CCOCC2)cc1-c1ccccc1C)C(=O)[O-].[Li+]. The Morgan fingerprint density at radius 2 is 1.67 bits per heavy atom. The van der Waals surface area contributed by atoms with E-state index in [-0.39, 0.29) is 25.3 Å². The van der Waals surface area contributed by atoms with Gasteiger partial charge in [-0.2, -0.15) is 11.8 Å². The van der Waals surface area contributed by atoms with Gasteiger partial charge in [-0.05, 0) is 96.2 Å². The van der Waals surface area contributed by atoms with Crippen LogP contribution in [0.1, 0.15) is 46.3 Å². The maximum atomic E-state index is 14.0. The third-order valence-corrected chi connectivity index (χ3v) is 8.20. The van der Waals surface area contributed by atoms with Crippen molar-refractivity contribution in [3.63, 3.8) is 0 Å². The van der Waals surface area contributed by atoms with Crippen molar-refractivity contribution in [3.8, 4) is 11.1 Å². The Bertz CT molecular complexity index is 1370. The summed E-state index contributed by atoms with van der Waals surface area (Å²) >= 11 is 1.50. The van der Waals surface area contributed by atoms with Gasteiger partial charge in [0.2, 0.25) is 0 Å². The number of hydrogen-bond acceptors (Lipinski definition) is 6. The largest absolute Gasteiger partial charge is 1.00 e. The first-order valence-electron chi connectivity index (χ1n) is 14.2. The summed E-state index contributed by atoms with van der Waals surface area (Å²) in [5, 5.41) is 14.4. The fourth-order valence-corrected chi connectivity index (χ4v) is 5.88. The van der Waals surface area contributed by atoms with Gasteiger partial charge in [0, 0.05) is 44.5 Å². The van der Waals surface area contributed by atoms with Crippen LogP contribution in [0.25, 0.3) is 11.1 Å². The van der Waals surface area contributed by atoms with E-state index in [1.54, 1.807) is 6.07 Å². The molecule has 1 fully saturated rings. The van der Waals surface area contributed by atoms with Gasteiger partial charge in [-0.15, -0.1) is 0 Å². The van der Waals surface area contributed by atoms with Crippen LogP contribution < -0.4 is 29.3 Å². The second-order valence-electron chi connectivity index (χ2n) is 10.8. The number of carboxylic acid groups (broad SMARTS) is 1. The third-order valence-electron chi connectivity index (χ3n) is 7.56. The average molecular weight is 603 g/mol. The molecule has 1 heterocycles.